The van der Waals surface area contributed by atoms with Crippen LogP contribution in [0.1, 0.15) is 23.0 Å². The van der Waals surface area contributed by atoms with Crippen LogP contribution in [0.4, 0.5) is 4.79 Å². The topological polar surface area (TPSA) is 103 Å². The molecule has 0 unspecified atom stereocenters. The van der Waals surface area contributed by atoms with Crippen molar-refractivity contribution in [3.63, 3.8) is 0 Å². The van der Waals surface area contributed by atoms with Crippen LogP contribution in [0.3, 0.4) is 0 Å². The van der Waals surface area contributed by atoms with Crippen molar-refractivity contribution in [3.05, 3.63) is 58.5 Å². The van der Waals surface area contributed by atoms with Crippen molar-refractivity contribution in [2.45, 2.75) is 12.5 Å². The molecule has 1 atom stereocenters. The van der Waals surface area contributed by atoms with Crippen LogP contribution in [0.5, 0.6) is 0 Å². The molecule has 2 aliphatic rings. The van der Waals surface area contributed by atoms with Gasteiger partial charge in [0.05, 0.1) is 6.26 Å². The Morgan fingerprint density at radius 2 is 1.71 bits per heavy atom. The number of carbonyl (C=O) groups excluding carboxylic acids is 4. The third-order valence-corrected chi connectivity index (χ3v) is 6.17. The number of hydrogen-bond donors (Lipinski definition) is 1. The lowest BCUT2D eigenvalue weighted by Crippen LogP contribution is -2.53. The molecule has 0 radical (unpaired) electrons. The van der Waals surface area contributed by atoms with Gasteiger partial charge >= 0.3 is 6.03 Å². The van der Waals surface area contributed by atoms with Crippen LogP contribution >= 0.6 is 15.9 Å². The maximum absolute atomic E-state index is 13.0. The fraction of sp³-hybridized carbons (Fsp3) is 0.333. The molecule has 2 saturated heterocycles. The monoisotopic (exact) mass is 488 g/mol. The minimum atomic E-state index is -1.23. The third kappa shape index (κ3) is 3.95. The van der Waals surface area contributed by atoms with Gasteiger partial charge in [-0.3, -0.25) is 19.3 Å². The van der Waals surface area contributed by atoms with E-state index in [1.54, 1.807) is 53.1 Å². The summed E-state index contributed by atoms with van der Waals surface area (Å²) in [4.78, 5) is 54.7. The Hall–Kier alpha value is -3.14. The number of furan rings is 1. The second-order valence-corrected chi connectivity index (χ2v) is 8.52. The molecule has 9 nitrogen and oxygen atoms in total. The normalized spacial score (nSPS) is 21.4. The first-order valence-corrected chi connectivity index (χ1v) is 10.6. The Labute approximate surface area is 187 Å². The SMILES string of the molecule is C[C@@]1(c2ccc(Br)cc2)NC(=O)N(CC(=O)N2CCN(C(=O)c3ccco3)CC2)C1=O. The lowest BCUT2D eigenvalue weighted by molar-refractivity contribution is -0.139. The Balaban J connectivity index is 1.37. The Morgan fingerprint density at radius 1 is 1.06 bits per heavy atom. The van der Waals surface area contributed by atoms with Gasteiger partial charge in [0, 0.05) is 30.7 Å². The van der Waals surface area contributed by atoms with Crippen LogP contribution in [0.25, 0.3) is 0 Å². The minimum absolute atomic E-state index is 0.225. The van der Waals surface area contributed by atoms with E-state index in [4.69, 9.17) is 4.42 Å². The van der Waals surface area contributed by atoms with E-state index in [0.717, 1.165) is 9.37 Å². The second-order valence-electron chi connectivity index (χ2n) is 7.60. The Morgan fingerprint density at radius 3 is 2.32 bits per heavy atom. The van der Waals surface area contributed by atoms with Gasteiger partial charge in [0.2, 0.25) is 5.91 Å². The molecule has 4 rings (SSSR count). The molecule has 2 fully saturated rings. The average molecular weight is 489 g/mol. The van der Waals surface area contributed by atoms with Crippen LogP contribution in [-0.4, -0.2) is 71.2 Å². The summed E-state index contributed by atoms with van der Waals surface area (Å²) in [7, 11) is 0. The zero-order chi connectivity index (χ0) is 22.2. The lowest BCUT2D eigenvalue weighted by atomic mass is 9.92. The lowest BCUT2D eigenvalue weighted by Gasteiger charge is -2.34. The van der Waals surface area contributed by atoms with Gasteiger partial charge in [-0.2, -0.15) is 0 Å². The predicted molar refractivity (Wildman–Crippen MR) is 113 cm³/mol. The van der Waals surface area contributed by atoms with Crippen molar-refractivity contribution in [2.75, 3.05) is 32.7 Å². The van der Waals surface area contributed by atoms with Crippen LogP contribution in [-0.2, 0) is 15.1 Å². The summed E-state index contributed by atoms with van der Waals surface area (Å²) >= 11 is 3.35. The molecule has 5 amide bonds. The van der Waals surface area contributed by atoms with Crippen molar-refractivity contribution in [1.29, 1.82) is 0 Å². The smallest absolute Gasteiger partial charge is 0.325 e. The van der Waals surface area contributed by atoms with Gasteiger partial charge in [-0.25, -0.2) is 4.79 Å². The molecule has 1 aromatic carbocycles. The Kier molecular flexibility index (Phi) is 5.57. The molecule has 1 N–H and O–H groups in total. The zero-order valence-electron chi connectivity index (χ0n) is 16.8. The number of nitrogens with one attached hydrogen (secondary N) is 1. The van der Waals surface area contributed by atoms with Crippen LogP contribution in [0.2, 0.25) is 0 Å². The molecule has 0 bridgehead atoms. The molecule has 10 heteroatoms. The summed E-state index contributed by atoms with van der Waals surface area (Å²) in [6.45, 7) is 2.62. The number of hydrogen-bond acceptors (Lipinski definition) is 5. The summed E-state index contributed by atoms with van der Waals surface area (Å²) < 4.78 is 5.99. The van der Waals surface area contributed by atoms with Crippen molar-refractivity contribution < 1.29 is 23.6 Å². The first-order valence-electron chi connectivity index (χ1n) is 9.80. The number of rotatable bonds is 4. The van der Waals surface area contributed by atoms with Gasteiger partial charge in [-0.15, -0.1) is 0 Å². The third-order valence-electron chi connectivity index (χ3n) is 5.64. The van der Waals surface area contributed by atoms with Gasteiger partial charge in [0.1, 0.15) is 12.1 Å². The van der Waals surface area contributed by atoms with E-state index in [9.17, 15) is 19.2 Å². The number of urea groups is 1. The van der Waals surface area contributed by atoms with E-state index in [2.05, 4.69) is 21.2 Å². The highest BCUT2D eigenvalue weighted by Crippen LogP contribution is 2.29. The van der Waals surface area contributed by atoms with E-state index < -0.39 is 17.5 Å². The molecule has 3 heterocycles. The van der Waals surface area contributed by atoms with Crippen LogP contribution in [0, 0.1) is 0 Å². The molecule has 2 aliphatic heterocycles. The molecule has 2 aromatic rings. The number of benzene rings is 1. The second kappa shape index (κ2) is 8.18. The largest absolute Gasteiger partial charge is 0.459 e. The maximum Gasteiger partial charge on any atom is 0.325 e. The highest BCUT2D eigenvalue weighted by Gasteiger charge is 2.49. The van der Waals surface area contributed by atoms with Gasteiger partial charge in [-0.1, -0.05) is 28.1 Å². The van der Waals surface area contributed by atoms with Gasteiger partial charge in [0.15, 0.2) is 5.76 Å². The van der Waals surface area contributed by atoms with Crippen molar-refractivity contribution in [3.8, 4) is 0 Å². The fourth-order valence-electron chi connectivity index (χ4n) is 3.77. The molecular formula is C21H21BrN4O5. The molecule has 1 aromatic heterocycles. The number of halogens is 1. The molecule has 162 valence electrons. The van der Waals surface area contributed by atoms with Gasteiger partial charge < -0.3 is 19.5 Å². The van der Waals surface area contributed by atoms with E-state index in [1.807, 2.05) is 0 Å². The van der Waals surface area contributed by atoms with Crippen molar-refractivity contribution in [1.82, 2.24) is 20.0 Å². The maximum atomic E-state index is 13.0. The fourth-order valence-corrected chi connectivity index (χ4v) is 4.03. The number of nitrogens with zero attached hydrogens (tertiary/aromatic N) is 3. The summed E-state index contributed by atoms with van der Waals surface area (Å²) in [6, 6.07) is 9.73. The summed E-state index contributed by atoms with van der Waals surface area (Å²) in [6.07, 6.45) is 1.44. The average Bonchev–Trinajstić information content (AvgIpc) is 3.38. The van der Waals surface area contributed by atoms with E-state index in [1.165, 1.54) is 6.26 Å². The van der Waals surface area contributed by atoms with Gasteiger partial charge in [0.25, 0.3) is 11.8 Å². The quantitative estimate of drug-likeness (QED) is 0.660. The van der Waals surface area contributed by atoms with E-state index in [-0.39, 0.29) is 24.1 Å². The summed E-state index contributed by atoms with van der Waals surface area (Å²) in [5.74, 6) is -0.781. The first kappa shape index (κ1) is 21.1. The highest BCUT2D eigenvalue weighted by atomic mass is 79.9. The number of carbonyl (C=O) groups is 4. The Bertz CT molecular complexity index is 1010. The predicted octanol–water partition coefficient (Wildman–Crippen LogP) is 1.79. The van der Waals surface area contributed by atoms with Crippen LogP contribution < -0.4 is 5.32 Å². The van der Waals surface area contributed by atoms with Gasteiger partial charge in [-0.05, 0) is 36.8 Å². The standard InChI is InChI=1S/C21H21BrN4O5/c1-21(14-4-6-15(22)7-5-14)19(29)26(20(30)23-21)13-17(27)24-8-10-25(11-9-24)18(28)16-3-2-12-31-16/h2-7,12H,8-11,13H2,1H3,(H,23,30)/t21-/m0/s1. The zero-order valence-corrected chi connectivity index (χ0v) is 18.4. The molecule has 0 aliphatic carbocycles. The van der Waals surface area contributed by atoms with Crippen LogP contribution in [0.15, 0.2) is 51.6 Å². The molecule has 0 saturated carbocycles. The summed E-state index contributed by atoms with van der Waals surface area (Å²) in [5.41, 5.74) is -0.597. The molecule has 0 spiro atoms. The number of amides is 5. The minimum Gasteiger partial charge on any atom is -0.459 e. The highest BCUT2D eigenvalue weighted by molar-refractivity contribution is 9.10. The molecular weight excluding hydrogens is 468 g/mol. The van der Waals surface area contributed by atoms with Crippen molar-refractivity contribution in [2.24, 2.45) is 0 Å². The number of imide groups is 1. The summed E-state index contributed by atoms with van der Waals surface area (Å²) in [5, 5.41) is 2.70. The van der Waals surface area contributed by atoms with Crippen molar-refractivity contribution >= 4 is 39.7 Å². The van der Waals surface area contributed by atoms with E-state index in [0.29, 0.717) is 31.7 Å². The first-order chi connectivity index (χ1) is 14.8. The van der Waals surface area contributed by atoms with E-state index >= 15 is 0 Å². The molecule has 31 heavy (non-hydrogen) atoms. The number of piperazine rings is 1.